The van der Waals surface area contributed by atoms with Gasteiger partial charge in [0.15, 0.2) is 0 Å². The molecule has 12 heavy (non-hydrogen) atoms. The Morgan fingerprint density at radius 1 is 1.67 bits per heavy atom. The number of carbonyl (C=O) groups excluding carboxylic acids is 1. The summed E-state index contributed by atoms with van der Waals surface area (Å²) in [6, 6.07) is 0. The molecule has 1 unspecified atom stereocenters. The number of hydrogen-bond acceptors (Lipinski definition) is 3. The summed E-state index contributed by atoms with van der Waals surface area (Å²) in [6.07, 6.45) is 1.56. The smallest absolute Gasteiger partial charge is 0.366 e. The van der Waals surface area contributed by atoms with Crippen LogP contribution in [0.3, 0.4) is 0 Å². The average Bonchev–Trinajstić information content (AvgIpc) is 2.06. The van der Waals surface area contributed by atoms with E-state index in [1.165, 1.54) is 0 Å². The number of rotatable bonds is 2. The van der Waals surface area contributed by atoms with Gasteiger partial charge in [0.05, 0.1) is 0 Å². The molecule has 1 aliphatic heterocycles. The minimum absolute atomic E-state index is 0.196. The molecule has 0 radical (unpaired) electrons. The predicted molar refractivity (Wildman–Crippen MR) is 42.2 cm³/mol. The van der Waals surface area contributed by atoms with Gasteiger partial charge in [-0.1, -0.05) is 6.58 Å². The monoisotopic (exact) mass is 173 g/mol. The number of piperidine rings is 1. The molecule has 0 spiro atoms. The van der Waals surface area contributed by atoms with Gasteiger partial charge in [0.1, 0.15) is 6.10 Å². The maximum Gasteiger partial charge on any atom is 0.366 e. The topological polar surface area (TPSA) is 38.3 Å². The van der Waals surface area contributed by atoms with Gasteiger partial charge in [0.25, 0.3) is 0 Å². The molecule has 1 aliphatic rings. The number of esters is 1. The molecule has 0 aromatic heterocycles. The Balaban J connectivity index is 2.29. The average molecular weight is 173 g/mol. The van der Waals surface area contributed by atoms with E-state index in [1.54, 1.807) is 0 Å². The van der Waals surface area contributed by atoms with Crippen LogP contribution in [-0.2, 0) is 9.53 Å². The first-order valence-corrected chi connectivity index (χ1v) is 3.96. The first-order valence-electron chi connectivity index (χ1n) is 3.96. The minimum Gasteiger partial charge on any atom is -0.456 e. The molecule has 0 saturated carbocycles. The predicted octanol–water partition coefficient (Wildman–Crippen LogP) is 0.765. The van der Waals surface area contributed by atoms with E-state index < -0.39 is 11.8 Å². The van der Waals surface area contributed by atoms with E-state index in [9.17, 15) is 9.18 Å². The van der Waals surface area contributed by atoms with Crippen molar-refractivity contribution in [3.8, 4) is 0 Å². The summed E-state index contributed by atoms with van der Waals surface area (Å²) < 4.78 is 16.9. The molecule has 3 nitrogen and oxygen atoms in total. The van der Waals surface area contributed by atoms with Crippen LogP contribution in [0.15, 0.2) is 12.4 Å². The first-order chi connectivity index (χ1) is 5.70. The van der Waals surface area contributed by atoms with E-state index in [-0.39, 0.29) is 6.10 Å². The molecule has 0 amide bonds. The minimum atomic E-state index is -1.03. The van der Waals surface area contributed by atoms with Gasteiger partial charge < -0.3 is 10.1 Å². The van der Waals surface area contributed by atoms with Crippen molar-refractivity contribution < 1.29 is 13.9 Å². The van der Waals surface area contributed by atoms with Crippen molar-refractivity contribution in [2.24, 2.45) is 0 Å². The molecule has 1 atom stereocenters. The standard InChI is InChI=1S/C8H12FNO2/c1-6(9)8(11)12-7-3-2-4-10-5-7/h7,10H,1-5H2. The molecule has 1 saturated heterocycles. The lowest BCUT2D eigenvalue weighted by Crippen LogP contribution is -2.36. The second-order valence-corrected chi connectivity index (χ2v) is 2.78. The summed E-state index contributed by atoms with van der Waals surface area (Å²) in [5.41, 5.74) is 0. The highest BCUT2D eigenvalue weighted by Crippen LogP contribution is 2.08. The zero-order valence-corrected chi connectivity index (χ0v) is 6.81. The van der Waals surface area contributed by atoms with Crippen molar-refractivity contribution >= 4 is 5.97 Å². The maximum absolute atomic E-state index is 12.2. The van der Waals surface area contributed by atoms with Gasteiger partial charge >= 0.3 is 5.97 Å². The van der Waals surface area contributed by atoms with Crippen LogP contribution in [0.1, 0.15) is 12.8 Å². The molecular formula is C8H12FNO2. The highest BCUT2D eigenvalue weighted by Gasteiger charge is 2.18. The van der Waals surface area contributed by atoms with E-state index in [1.807, 2.05) is 0 Å². The van der Waals surface area contributed by atoms with Gasteiger partial charge in [-0.2, -0.15) is 4.39 Å². The summed E-state index contributed by atoms with van der Waals surface area (Å²) in [4.78, 5) is 10.7. The Hall–Kier alpha value is -0.900. The molecule has 1 fully saturated rings. The van der Waals surface area contributed by atoms with E-state index >= 15 is 0 Å². The second-order valence-electron chi connectivity index (χ2n) is 2.78. The van der Waals surface area contributed by atoms with E-state index in [4.69, 9.17) is 4.74 Å². The molecule has 0 aromatic rings. The molecule has 0 aliphatic carbocycles. The van der Waals surface area contributed by atoms with Gasteiger partial charge in [-0.25, -0.2) is 4.79 Å². The zero-order chi connectivity index (χ0) is 8.97. The van der Waals surface area contributed by atoms with Crippen molar-refractivity contribution in [2.75, 3.05) is 13.1 Å². The van der Waals surface area contributed by atoms with Crippen LogP contribution < -0.4 is 5.32 Å². The highest BCUT2D eigenvalue weighted by atomic mass is 19.1. The maximum atomic E-state index is 12.2. The Morgan fingerprint density at radius 3 is 2.92 bits per heavy atom. The van der Waals surface area contributed by atoms with Gasteiger partial charge in [-0.15, -0.1) is 0 Å². The van der Waals surface area contributed by atoms with Crippen LogP contribution in [0, 0.1) is 0 Å². The lowest BCUT2D eigenvalue weighted by molar-refractivity contribution is -0.146. The van der Waals surface area contributed by atoms with E-state index in [0.29, 0.717) is 6.54 Å². The van der Waals surface area contributed by atoms with E-state index in [2.05, 4.69) is 11.9 Å². The molecule has 4 heteroatoms. The van der Waals surface area contributed by atoms with Crippen LogP contribution in [0.5, 0.6) is 0 Å². The highest BCUT2D eigenvalue weighted by molar-refractivity contribution is 5.85. The van der Waals surface area contributed by atoms with Crippen molar-refractivity contribution in [2.45, 2.75) is 18.9 Å². The molecule has 0 bridgehead atoms. The van der Waals surface area contributed by atoms with Crippen LogP contribution in [0.25, 0.3) is 0 Å². The number of carbonyl (C=O) groups is 1. The third kappa shape index (κ3) is 2.62. The molecule has 1 rings (SSSR count). The summed E-state index contributed by atoms with van der Waals surface area (Å²) >= 11 is 0. The summed E-state index contributed by atoms with van der Waals surface area (Å²) in [7, 11) is 0. The molecule has 68 valence electrons. The van der Waals surface area contributed by atoms with Gasteiger partial charge in [-0.05, 0) is 19.4 Å². The Bertz CT molecular complexity index is 187. The van der Waals surface area contributed by atoms with Crippen LogP contribution in [0.4, 0.5) is 4.39 Å². The van der Waals surface area contributed by atoms with Crippen LogP contribution in [0.2, 0.25) is 0 Å². The quantitative estimate of drug-likeness (QED) is 0.495. The van der Waals surface area contributed by atoms with Crippen molar-refractivity contribution in [1.29, 1.82) is 0 Å². The van der Waals surface area contributed by atoms with Gasteiger partial charge in [-0.3, -0.25) is 0 Å². The fraction of sp³-hybridized carbons (Fsp3) is 0.625. The molecular weight excluding hydrogens is 161 g/mol. The normalized spacial score (nSPS) is 23.2. The summed E-state index contributed by atoms with van der Waals surface area (Å²) in [5.74, 6) is -1.97. The number of nitrogens with one attached hydrogen (secondary N) is 1. The molecule has 1 heterocycles. The van der Waals surface area contributed by atoms with Crippen LogP contribution >= 0.6 is 0 Å². The SMILES string of the molecule is C=C(F)C(=O)OC1CCCNC1. The van der Waals surface area contributed by atoms with Crippen molar-refractivity contribution in [1.82, 2.24) is 5.32 Å². The second kappa shape index (κ2) is 4.21. The lowest BCUT2D eigenvalue weighted by Gasteiger charge is -2.22. The zero-order valence-electron chi connectivity index (χ0n) is 6.81. The van der Waals surface area contributed by atoms with Crippen LogP contribution in [-0.4, -0.2) is 25.2 Å². The fourth-order valence-electron chi connectivity index (χ4n) is 1.14. The first kappa shape index (κ1) is 9.19. The third-order valence-corrected chi connectivity index (χ3v) is 1.75. The Kier molecular flexibility index (Phi) is 3.22. The summed E-state index contributed by atoms with van der Waals surface area (Å²) in [6.45, 7) is 4.40. The number of ether oxygens (including phenoxy) is 1. The number of hydrogen-bond donors (Lipinski definition) is 1. The van der Waals surface area contributed by atoms with Gasteiger partial charge in [0, 0.05) is 6.54 Å². The summed E-state index contributed by atoms with van der Waals surface area (Å²) in [5, 5.41) is 3.05. The Morgan fingerprint density at radius 2 is 2.42 bits per heavy atom. The lowest BCUT2D eigenvalue weighted by atomic mass is 10.1. The van der Waals surface area contributed by atoms with Crippen molar-refractivity contribution in [3.05, 3.63) is 12.4 Å². The van der Waals surface area contributed by atoms with Gasteiger partial charge in [0.2, 0.25) is 5.83 Å². The third-order valence-electron chi connectivity index (χ3n) is 1.75. The molecule has 0 aromatic carbocycles. The Labute approximate surface area is 70.6 Å². The molecule has 1 N–H and O–H groups in total. The van der Waals surface area contributed by atoms with Crippen molar-refractivity contribution in [3.63, 3.8) is 0 Å². The van der Waals surface area contributed by atoms with E-state index in [0.717, 1.165) is 19.4 Å². The fourth-order valence-corrected chi connectivity index (χ4v) is 1.14. The number of halogens is 1. The largest absolute Gasteiger partial charge is 0.456 e.